The quantitative estimate of drug-likeness (QED) is 0.0697. The van der Waals surface area contributed by atoms with Gasteiger partial charge in [-0.05, 0) is 27.7 Å². The van der Waals surface area contributed by atoms with E-state index in [1.807, 2.05) is 0 Å². The van der Waals surface area contributed by atoms with Crippen LogP contribution >= 0.6 is 0 Å². The molecule has 3 aliphatic heterocycles. The molecular formula is C30H55NO19. The average molecular weight is 734 g/mol. The smallest absolute Gasteiger partial charge is 0.217 e. The molecule has 3 saturated heterocycles. The number of aliphatic hydroxyl groups is 11. The maximum atomic E-state index is 12.5. The third-order valence-electron chi connectivity index (χ3n) is 8.93. The highest BCUT2D eigenvalue weighted by molar-refractivity contribution is 5.73. The van der Waals surface area contributed by atoms with Gasteiger partial charge in [-0.3, -0.25) is 4.79 Å². The standard InChI is InChI=1S/C30H55NO19/c1-9(2)44-27(43)15(31-13(6)34)25(49-28-22(41)19(38)16(35)11(4)45-28)24(10(3)7-32)48-30-26(21(40)18(37)14(8-33)47-30)50-29-23(42)20(39)17(36)12(5)46-29/h9-12,14-30,32-33,35-43H,7-8H2,1-6H3,(H,31,34)/t10?,11?,12-,14?,15?,16+,17+,18-,19-,20?,21?,22?,23?,24+,25?,26?,27-,28-,29-,30-/m0/s1. The van der Waals surface area contributed by atoms with E-state index >= 15 is 0 Å². The second kappa shape index (κ2) is 18.7. The molecule has 50 heavy (non-hydrogen) atoms. The van der Waals surface area contributed by atoms with E-state index in [0.717, 1.165) is 6.92 Å². The lowest BCUT2D eigenvalue weighted by Crippen LogP contribution is -2.66. The van der Waals surface area contributed by atoms with E-state index in [2.05, 4.69) is 5.32 Å². The fourth-order valence-electron chi connectivity index (χ4n) is 5.95. The Bertz CT molecular complexity index is 1040. The summed E-state index contributed by atoms with van der Waals surface area (Å²) in [6.07, 6.45) is -30.5. The van der Waals surface area contributed by atoms with E-state index < -0.39 is 148 Å². The van der Waals surface area contributed by atoms with Crippen molar-refractivity contribution in [2.75, 3.05) is 13.2 Å². The van der Waals surface area contributed by atoms with Crippen LogP contribution in [0.15, 0.2) is 0 Å². The third kappa shape index (κ3) is 10.0. The Morgan fingerprint density at radius 3 is 1.72 bits per heavy atom. The van der Waals surface area contributed by atoms with E-state index in [1.165, 1.54) is 20.8 Å². The Morgan fingerprint density at radius 2 is 1.22 bits per heavy atom. The summed E-state index contributed by atoms with van der Waals surface area (Å²) in [6.45, 7) is 6.98. The maximum Gasteiger partial charge on any atom is 0.217 e. The van der Waals surface area contributed by atoms with Crippen molar-refractivity contribution < 1.29 is 94.1 Å². The molecule has 0 spiro atoms. The fourth-order valence-corrected chi connectivity index (χ4v) is 5.95. The molecule has 3 heterocycles. The molecule has 3 rings (SSSR count). The molecule has 12 N–H and O–H groups in total. The van der Waals surface area contributed by atoms with Crippen LogP contribution in [0, 0.1) is 5.92 Å². The monoisotopic (exact) mass is 733 g/mol. The van der Waals surface area contributed by atoms with E-state index in [-0.39, 0.29) is 0 Å². The molecule has 10 unspecified atom stereocenters. The van der Waals surface area contributed by atoms with Gasteiger partial charge in [-0.2, -0.15) is 0 Å². The highest BCUT2D eigenvalue weighted by Crippen LogP contribution is 2.34. The summed E-state index contributed by atoms with van der Waals surface area (Å²) in [5.74, 6) is -1.74. The Balaban J connectivity index is 2.10. The van der Waals surface area contributed by atoms with Gasteiger partial charge in [-0.15, -0.1) is 0 Å². The number of amides is 1. The minimum absolute atomic E-state index is 0.621. The molecule has 0 aliphatic carbocycles. The van der Waals surface area contributed by atoms with Gasteiger partial charge in [0.25, 0.3) is 0 Å². The Morgan fingerprint density at radius 1 is 0.700 bits per heavy atom. The van der Waals surface area contributed by atoms with Crippen molar-refractivity contribution in [2.24, 2.45) is 5.92 Å². The minimum atomic E-state index is -1.92. The van der Waals surface area contributed by atoms with Crippen LogP contribution in [-0.4, -0.2) is 198 Å². The van der Waals surface area contributed by atoms with Crippen LogP contribution in [0.25, 0.3) is 0 Å². The molecular weight excluding hydrogens is 678 g/mol. The Kier molecular flexibility index (Phi) is 16.1. The lowest BCUT2D eigenvalue weighted by Gasteiger charge is -2.48. The summed E-state index contributed by atoms with van der Waals surface area (Å²) < 4.78 is 40.6. The van der Waals surface area contributed by atoms with Gasteiger partial charge < -0.3 is 94.6 Å². The molecule has 0 bridgehead atoms. The van der Waals surface area contributed by atoms with Crippen molar-refractivity contribution in [1.82, 2.24) is 5.32 Å². The minimum Gasteiger partial charge on any atom is -0.396 e. The summed E-state index contributed by atoms with van der Waals surface area (Å²) in [6, 6.07) is -1.59. The second-order valence-electron chi connectivity index (χ2n) is 13.3. The summed E-state index contributed by atoms with van der Waals surface area (Å²) >= 11 is 0. The molecule has 20 nitrogen and oxygen atoms in total. The summed E-state index contributed by atoms with van der Waals surface area (Å²) in [5.41, 5.74) is 0. The van der Waals surface area contributed by atoms with E-state index in [9.17, 15) is 61.0 Å². The SMILES string of the molecule is CC(=O)NC(C(O[C@@H]1OC(C)[C@@H](O)[C@H](O)C1O)[C@H](O[C@@H]1OC(CO)[C@H](O)C(O)C1O[C@@H]1O[C@@H](C)[C@@H](O)C(O)C1O)C(C)CO)[C@@H](O)OC(C)C. The number of hydrogen-bond donors (Lipinski definition) is 12. The normalized spacial score (nSPS) is 42.8. The molecule has 3 fully saturated rings. The van der Waals surface area contributed by atoms with Gasteiger partial charge in [0.1, 0.15) is 73.2 Å². The Hall–Kier alpha value is -1.25. The largest absolute Gasteiger partial charge is 0.396 e. The van der Waals surface area contributed by atoms with Crippen molar-refractivity contribution in [2.45, 2.75) is 164 Å². The number of aliphatic hydroxyl groups excluding tert-OH is 11. The summed E-state index contributed by atoms with van der Waals surface area (Å²) in [4.78, 5) is 12.5. The number of rotatable bonds is 15. The second-order valence-corrected chi connectivity index (χ2v) is 13.3. The predicted molar refractivity (Wildman–Crippen MR) is 163 cm³/mol. The maximum absolute atomic E-state index is 12.5. The van der Waals surface area contributed by atoms with E-state index in [4.69, 9.17) is 33.2 Å². The van der Waals surface area contributed by atoms with Gasteiger partial charge >= 0.3 is 0 Å². The van der Waals surface area contributed by atoms with Crippen LogP contribution in [0.3, 0.4) is 0 Å². The number of carbonyl (C=O) groups excluding carboxylic acids is 1. The molecule has 1 amide bonds. The molecule has 0 aromatic rings. The van der Waals surface area contributed by atoms with Crippen LogP contribution in [0.2, 0.25) is 0 Å². The van der Waals surface area contributed by atoms with Gasteiger partial charge in [0.05, 0.1) is 31.0 Å². The topological polar surface area (TPSA) is 316 Å². The highest BCUT2D eigenvalue weighted by Gasteiger charge is 2.53. The first-order chi connectivity index (χ1) is 23.3. The van der Waals surface area contributed by atoms with E-state index in [0.29, 0.717) is 0 Å². The first-order valence-electron chi connectivity index (χ1n) is 16.5. The number of hydrogen-bond acceptors (Lipinski definition) is 19. The van der Waals surface area contributed by atoms with Crippen molar-refractivity contribution in [3.8, 4) is 0 Å². The molecule has 0 saturated carbocycles. The number of carbonyl (C=O) groups is 1. The summed E-state index contributed by atoms with van der Waals surface area (Å²) in [5, 5.41) is 118. The van der Waals surface area contributed by atoms with Gasteiger partial charge in [-0.25, -0.2) is 0 Å². The predicted octanol–water partition coefficient (Wildman–Crippen LogP) is -5.89. The molecule has 294 valence electrons. The molecule has 0 radical (unpaired) electrons. The van der Waals surface area contributed by atoms with Crippen molar-refractivity contribution in [1.29, 1.82) is 0 Å². The van der Waals surface area contributed by atoms with Gasteiger partial charge in [0, 0.05) is 19.4 Å². The number of ether oxygens (including phenoxy) is 7. The average Bonchev–Trinajstić information content (AvgIpc) is 3.06. The first kappa shape index (κ1) is 43.2. The number of nitrogens with one attached hydrogen (secondary N) is 1. The lowest BCUT2D eigenvalue weighted by molar-refractivity contribution is -0.380. The first-order valence-corrected chi connectivity index (χ1v) is 16.5. The van der Waals surface area contributed by atoms with Crippen molar-refractivity contribution in [3.05, 3.63) is 0 Å². The van der Waals surface area contributed by atoms with Crippen molar-refractivity contribution >= 4 is 5.91 Å². The van der Waals surface area contributed by atoms with Crippen LogP contribution < -0.4 is 5.32 Å². The van der Waals surface area contributed by atoms with Crippen LogP contribution in [0.1, 0.15) is 41.5 Å². The molecule has 0 aromatic carbocycles. The highest BCUT2D eigenvalue weighted by atomic mass is 16.8. The van der Waals surface area contributed by atoms with E-state index in [1.54, 1.807) is 13.8 Å². The van der Waals surface area contributed by atoms with Gasteiger partial charge in [0.15, 0.2) is 25.2 Å². The Labute approximate surface area is 289 Å². The molecule has 0 aromatic heterocycles. The third-order valence-corrected chi connectivity index (χ3v) is 8.93. The zero-order valence-corrected chi connectivity index (χ0v) is 28.7. The van der Waals surface area contributed by atoms with Crippen LogP contribution in [-0.2, 0) is 38.0 Å². The van der Waals surface area contributed by atoms with Gasteiger partial charge in [-0.1, -0.05) is 6.92 Å². The molecule has 3 aliphatic rings. The summed E-state index contributed by atoms with van der Waals surface area (Å²) in [7, 11) is 0. The van der Waals surface area contributed by atoms with Crippen molar-refractivity contribution in [3.63, 3.8) is 0 Å². The zero-order valence-electron chi connectivity index (χ0n) is 28.7. The fraction of sp³-hybridized carbons (Fsp3) is 0.967. The molecule has 20 heteroatoms. The van der Waals surface area contributed by atoms with Crippen LogP contribution in [0.5, 0.6) is 0 Å². The zero-order chi connectivity index (χ0) is 37.8. The lowest BCUT2D eigenvalue weighted by atomic mass is 9.92. The van der Waals surface area contributed by atoms with Gasteiger partial charge in [0.2, 0.25) is 5.91 Å². The molecule has 20 atom stereocenters. The van der Waals surface area contributed by atoms with Crippen LogP contribution in [0.4, 0.5) is 0 Å².